The number of nitrogens with one attached hydrogen (secondary N) is 1. The van der Waals surface area contributed by atoms with Crippen molar-refractivity contribution in [2.45, 2.75) is 6.92 Å². The monoisotopic (exact) mass is 296 g/mol. The van der Waals surface area contributed by atoms with Crippen LogP contribution in [0.25, 0.3) is 11.1 Å². The van der Waals surface area contributed by atoms with E-state index in [1.807, 2.05) is 24.3 Å². The SMILES string of the molecule is C/C(=N/Nc1nc2ccccc2o1)c1ccc([N+](=O)[O-])cc1. The molecule has 3 aromatic rings. The molecule has 0 fully saturated rings. The number of hydrogen-bond acceptors (Lipinski definition) is 6. The lowest BCUT2D eigenvalue weighted by atomic mass is 10.1. The van der Waals surface area contributed by atoms with Crippen LogP contribution < -0.4 is 5.43 Å². The van der Waals surface area contributed by atoms with Crippen LogP contribution in [-0.2, 0) is 0 Å². The Bertz CT molecular complexity index is 820. The van der Waals surface area contributed by atoms with Crippen LogP contribution in [0.4, 0.5) is 11.7 Å². The van der Waals surface area contributed by atoms with Crippen LogP contribution in [-0.4, -0.2) is 15.6 Å². The van der Waals surface area contributed by atoms with Gasteiger partial charge in [-0.3, -0.25) is 10.1 Å². The Balaban J connectivity index is 1.77. The summed E-state index contributed by atoms with van der Waals surface area (Å²) < 4.78 is 5.49. The van der Waals surface area contributed by atoms with Crippen molar-refractivity contribution in [2.75, 3.05) is 5.43 Å². The molecule has 0 saturated heterocycles. The Morgan fingerprint density at radius 2 is 1.95 bits per heavy atom. The zero-order valence-electron chi connectivity index (χ0n) is 11.7. The van der Waals surface area contributed by atoms with E-state index in [1.165, 1.54) is 12.1 Å². The van der Waals surface area contributed by atoms with Gasteiger partial charge in [0.1, 0.15) is 5.52 Å². The first-order valence-electron chi connectivity index (χ1n) is 6.54. The lowest BCUT2D eigenvalue weighted by molar-refractivity contribution is -0.384. The van der Waals surface area contributed by atoms with Crippen molar-refractivity contribution in [1.29, 1.82) is 0 Å². The van der Waals surface area contributed by atoms with E-state index in [-0.39, 0.29) is 5.69 Å². The maximum atomic E-state index is 10.6. The van der Waals surface area contributed by atoms with Crippen LogP contribution in [0.1, 0.15) is 12.5 Å². The number of rotatable bonds is 4. The number of oxazole rings is 1. The molecule has 7 heteroatoms. The van der Waals surface area contributed by atoms with E-state index in [2.05, 4.69) is 15.5 Å². The highest BCUT2D eigenvalue weighted by Gasteiger charge is 2.06. The van der Waals surface area contributed by atoms with Crippen LogP contribution >= 0.6 is 0 Å². The molecule has 7 nitrogen and oxygen atoms in total. The number of nitrogens with zero attached hydrogens (tertiary/aromatic N) is 3. The van der Waals surface area contributed by atoms with E-state index < -0.39 is 4.92 Å². The topological polar surface area (TPSA) is 93.6 Å². The number of hydrogen-bond donors (Lipinski definition) is 1. The van der Waals surface area contributed by atoms with E-state index in [0.717, 1.165) is 11.1 Å². The molecule has 0 atom stereocenters. The van der Waals surface area contributed by atoms with Gasteiger partial charge < -0.3 is 4.42 Å². The molecule has 0 aliphatic carbocycles. The Hall–Kier alpha value is -3.22. The van der Waals surface area contributed by atoms with Crippen LogP contribution in [0.15, 0.2) is 58.0 Å². The van der Waals surface area contributed by atoms with Gasteiger partial charge >= 0.3 is 6.01 Å². The normalized spacial score (nSPS) is 11.6. The Morgan fingerprint density at radius 3 is 2.64 bits per heavy atom. The molecule has 3 rings (SSSR count). The molecule has 1 aromatic heterocycles. The summed E-state index contributed by atoms with van der Waals surface area (Å²) in [6, 6.07) is 13.9. The minimum atomic E-state index is -0.438. The van der Waals surface area contributed by atoms with Crippen LogP contribution in [0, 0.1) is 10.1 Å². The Kier molecular flexibility index (Phi) is 3.53. The Labute approximate surface area is 125 Å². The molecule has 0 unspecified atom stereocenters. The van der Waals surface area contributed by atoms with Crippen molar-refractivity contribution in [3.8, 4) is 0 Å². The van der Waals surface area contributed by atoms with E-state index in [1.54, 1.807) is 19.1 Å². The summed E-state index contributed by atoms with van der Waals surface area (Å²) >= 11 is 0. The van der Waals surface area contributed by atoms with Crippen molar-refractivity contribution >= 4 is 28.5 Å². The number of anilines is 1. The Morgan fingerprint density at radius 1 is 1.23 bits per heavy atom. The van der Waals surface area contributed by atoms with Crippen LogP contribution in [0.5, 0.6) is 0 Å². The molecule has 22 heavy (non-hydrogen) atoms. The molecule has 0 saturated carbocycles. The molecule has 0 amide bonds. The van der Waals surface area contributed by atoms with Gasteiger partial charge in [-0.2, -0.15) is 10.1 Å². The predicted molar refractivity (Wildman–Crippen MR) is 82.9 cm³/mol. The highest BCUT2D eigenvalue weighted by atomic mass is 16.6. The first-order valence-corrected chi connectivity index (χ1v) is 6.54. The average molecular weight is 296 g/mol. The predicted octanol–water partition coefficient (Wildman–Crippen LogP) is 3.57. The van der Waals surface area contributed by atoms with Gasteiger partial charge in [0.15, 0.2) is 5.58 Å². The van der Waals surface area contributed by atoms with Gasteiger partial charge in [0.2, 0.25) is 0 Å². The number of hydrazone groups is 1. The zero-order valence-corrected chi connectivity index (χ0v) is 11.7. The second-order valence-electron chi connectivity index (χ2n) is 4.60. The highest BCUT2D eigenvalue weighted by Crippen LogP contribution is 2.18. The van der Waals surface area contributed by atoms with Crippen molar-refractivity contribution in [3.05, 3.63) is 64.2 Å². The van der Waals surface area contributed by atoms with Gasteiger partial charge in [-0.15, -0.1) is 0 Å². The lowest BCUT2D eigenvalue weighted by Gasteiger charge is -2.00. The van der Waals surface area contributed by atoms with Crippen molar-refractivity contribution in [1.82, 2.24) is 4.98 Å². The number of aromatic nitrogens is 1. The van der Waals surface area contributed by atoms with Crippen LogP contribution in [0.3, 0.4) is 0 Å². The number of fused-ring (bicyclic) bond motifs is 1. The molecule has 0 spiro atoms. The summed E-state index contributed by atoms with van der Waals surface area (Å²) in [6.45, 7) is 1.79. The van der Waals surface area contributed by atoms with Gasteiger partial charge in [0.25, 0.3) is 5.69 Å². The first kappa shape index (κ1) is 13.7. The number of nitro benzene ring substituents is 1. The van der Waals surface area contributed by atoms with E-state index in [0.29, 0.717) is 17.3 Å². The van der Waals surface area contributed by atoms with Gasteiger partial charge in [0.05, 0.1) is 10.6 Å². The van der Waals surface area contributed by atoms with E-state index in [9.17, 15) is 10.1 Å². The summed E-state index contributed by atoms with van der Waals surface area (Å²) in [5.41, 5.74) is 5.65. The second kappa shape index (κ2) is 5.65. The number of benzene rings is 2. The third-order valence-electron chi connectivity index (χ3n) is 3.11. The summed E-state index contributed by atoms with van der Waals surface area (Å²) in [4.78, 5) is 14.4. The van der Waals surface area contributed by atoms with E-state index >= 15 is 0 Å². The fourth-order valence-electron chi connectivity index (χ4n) is 1.94. The zero-order chi connectivity index (χ0) is 15.5. The highest BCUT2D eigenvalue weighted by molar-refractivity contribution is 5.99. The quantitative estimate of drug-likeness (QED) is 0.451. The second-order valence-corrected chi connectivity index (χ2v) is 4.60. The summed E-state index contributed by atoms with van der Waals surface area (Å²) in [6.07, 6.45) is 0. The molecular weight excluding hydrogens is 284 g/mol. The summed E-state index contributed by atoms with van der Waals surface area (Å²) in [5, 5.41) is 14.8. The van der Waals surface area contributed by atoms with Gasteiger partial charge in [-0.05, 0) is 36.8 Å². The van der Waals surface area contributed by atoms with E-state index in [4.69, 9.17) is 4.42 Å². The fraction of sp³-hybridized carbons (Fsp3) is 0.0667. The fourth-order valence-corrected chi connectivity index (χ4v) is 1.94. The van der Waals surface area contributed by atoms with Gasteiger partial charge in [0, 0.05) is 12.1 Å². The summed E-state index contributed by atoms with van der Waals surface area (Å²) in [5.74, 6) is 0. The third-order valence-corrected chi connectivity index (χ3v) is 3.11. The van der Waals surface area contributed by atoms with Crippen molar-refractivity contribution < 1.29 is 9.34 Å². The molecular formula is C15H12N4O3. The number of nitro groups is 1. The van der Waals surface area contributed by atoms with Gasteiger partial charge in [-0.25, -0.2) is 5.43 Å². The largest absolute Gasteiger partial charge is 0.422 e. The number of non-ortho nitro benzene ring substituents is 1. The van der Waals surface area contributed by atoms with Crippen molar-refractivity contribution in [2.24, 2.45) is 5.10 Å². The third kappa shape index (κ3) is 2.78. The molecule has 0 radical (unpaired) electrons. The maximum absolute atomic E-state index is 10.6. The average Bonchev–Trinajstić information content (AvgIpc) is 2.95. The molecule has 2 aromatic carbocycles. The molecule has 110 valence electrons. The molecule has 0 aliphatic heterocycles. The molecule has 0 aliphatic rings. The minimum absolute atomic E-state index is 0.0449. The maximum Gasteiger partial charge on any atom is 0.316 e. The van der Waals surface area contributed by atoms with Gasteiger partial charge in [-0.1, -0.05) is 12.1 Å². The molecule has 0 bridgehead atoms. The molecule has 1 heterocycles. The van der Waals surface area contributed by atoms with Crippen LogP contribution in [0.2, 0.25) is 0 Å². The standard InChI is InChI=1S/C15H12N4O3/c1-10(11-6-8-12(9-7-11)19(20)21)17-18-15-16-13-4-2-3-5-14(13)22-15/h2-9H,1H3,(H,16,18)/b17-10-. The number of para-hydroxylation sites is 2. The molecule has 1 N–H and O–H groups in total. The van der Waals surface area contributed by atoms with Crippen molar-refractivity contribution in [3.63, 3.8) is 0 Å². The first-order chi connectivity index (χ1) is 10.6. The minimum Gasteiger partial charge on any atom is -0.422 e. The smallest absolute Gasteiger partial charge is 0.316 e. The lowest BCUT2D eigenvalue weighted by Crippen LogP contribution is -2.00. The summed E-state index contributed by atoms with van der Waals surface area (Å²) in [7, 11) is 0.